The lowest BCUT2D eigenvalue weighted by Crippen LogP contribution is -1.97. The van der Waals surface area contributed by atoms with Crippen molar-refractivity contribution >= 4 is 22.4 Å². The fraction of sp³-hybridized carbons (Fsp3) is 0.125. The van der Waals surface area contributed by atoms with Gasteiger partial charge in [0.2, 0.25) is 0 Å². The Balaban J connectivity index is 2.06. The first-order chi connectivity index (χ1) is 11.0. The summed E-state index contributed by atoms with van der Waals surface area (Å²) in [6, 6.07) is 6.37. The number of aryl methyl sites for hydroxylation is 1. The summed E-state index contributed by atoms with van der Waals surface area (Å²) in [6.07, 6.45) is 3.33. The molecule has 0 N–H and O–H groups in total. The molecule has 0 spiro atoms. The molecule has 0 fully saturated rings. The molecule has 3 rings (SSSR count). The highest BCUT2D eigenvalue weighted by molar-refractivity contribution is 7.78. The van der Waals surface area contributed by atoms with E-state index in [4.69, 9.17) is 0 Å². The maximum atomic E-state index is 14.1. The largest absolute Gasteiger partial charge is 0.772 e. The van der Waals surface area contributed by atoms with Crippen molar-refractivity contribution in [3.05, 3.63) is 59.1 Å². The highest BCUT2D eigenvalue weighted by Crippen LogP contribution is 2.33. The molecule has 4 nitrogen and oxygen atoms in total. The van der Waals surface area contributed by atoms with Crippen LogP contribution in [0.4, 0.5) is 4.39 Å². The van der Waals surface area contributed by atoms with E-state index in [0.717, 1.165) is 21.8 Å². The Hall–Kier alpha value is -1.96. The van der Waals surface area contributed by atoms with Gasteiger partial charge in [0.05, 0.1) is 0 Å². The lowest BCUT2D eigenvalue weighted by Gasteiger charge is -2.10. The lowest BCUT2D eigenvalue weighted by molar-refractivity contribution is 0.533. The van der Waals surface area contributed by atoms with E-state index in [-0.39, 0.29) is 11.3 Å². The minimum absolute atomic E-state index is 0.151. The SMILES string of the molecule is Cc1csc(-c2ccncc2-c2ccc(CS(=O)[O-])c(F)c2)n1. The third-order valence-corrected chi connectivity index (χ3v) is 4.85. The molecule has 0 aliphatic heterocycles. The van der Waals surface area contributed by atoms with Gasteiger partial charge in [0.15, 0.2) is 0 Å². The molecule has 1 unspecified atom stereocenters. The highest BCUT2D eigenvalue weighted by atomic mass is 32.2. The standard InChI is InChI=1S/C16H13FN2O2S2/c1-10-8-22-16(19-10)13-4-5-18-7-14(13)11-2-3-12(9-23(20)21)15(17)6-11/h2-8H,9H2,1H3,(H,20,21)/p-1. The first-order valence-corrected chi connectivity index (χ1v) is 8.88. The second-order valence-corrected chi connectivity index (χ2v) is 6.72. The molecule has 0 saturated heterocycles. The Labute approximate surface area is 139 Å². The van der Waals surface area contributed by atoms with Crippen molar-refractivity contribution in [2.24, 2.45) is 0 Å². The minimum Gasteiger partial charge on any atom is -0.772 e. The molecule has 0 aliphatic rings. The molecule has 23 heavy (non-hydrogen) atoms. The van der Waals surface area contributed by atoms with Gasteiger partial charge in [-0.25, -0.2) is 9.37 Å². The Kier molecular flexibility index (Phi) is 4.61. The van der Waals surface area contributed by atoms with E-state index in [0.29, 0.717) is 5.56 Å². The average Bonchev–Trinajstić information content (AvgIpc) is 2.95. The van der Waals surface area contributed by atoms with Gasteiger partial charge < -0.3 is 4.55 Å². The monoisotopic (exact) mass is 347 g/mol. The predicted molar refractivity (Wildman–Crippen MR) is 88.1 cm³/mol. The number of nitrogens with zero attached hydrogens (tertiary/aromatic N) is 2. The first kappa shape index (κ1) is 15.9. The Morgan fingerprint density at radius 2 is 2.13 bits per heavy atom. The van der Waals surface area contributed by atoms with E-state index in [1.54, 1.807) is 18.5 Å². The summed E-state index contributed by atoms with van der Waals surface area (Å²) in [7, 11) is 0. The van der Waals surface area contributed by atoms with Crippen LogP contribution in [0.2, 0.25) is 0 Å². The van der Waals surface area contributed by atoms with Crippen LogP contribution in [0.25, 0.3) is 21.7 Å². The maximum Gasteiger partial charge on any atom is 0.127 e. The van der Waals surface area contributed by atoms with Gasteiger partial charge in [-0.1, -0.05) is 23.2 Å². The summed E-state index contributed by atoms with van der Waals surface area (Å²) in [5.41, 5.74) is 3.34. The normalized spacial score (nSPS) is 12.3. The van der Waals surface area contributed by atoms with E-state index in [2.05, 4.69) is 9.97 Å². The zero-order valence-corrected chi connectivity index (χ0v) is 13.8. The molecule has 1 aromatic carbocycles. The minimum atomic E-state index is -2.32. The van der Waals surface area contributed by atoms with Gasteiger partial charge >= 0.3 is 0 Å². The number of thiazole rings is 1. The molecule has 1 atom stereocenters. The van der Waals surface area contributed by atoms with Crippen LogP contribution in [-0.2, 0) is 16.8 Å². The lowest BCUT2D eigenvalue weighted by atomic mass is 10.0. The number of benzene rings is 1. The molecular formula is C16H12FN2O2S2-. The number of hydrogen-bond acceptors (Lipinski definition) is 5. The van der Waals surface area contributed by atoms with Gasteiger partial charge in [0.1, 0.15) is 10.8 Å². The molecule has 2 aromatic heterocycles. The molecule has 0 bridgehead atoms. The second-order valence-electron chi connectivity index (χ2n) is 4.97. The van der Waals surface area contributed by atoms with Gasteiger partial charge in [-0.3, -0.25) is 9.19 Å². The van der Waals surface area contributed by atoms with Crippen molar-refractivity contribution in [1.82, 2.24) is 9.97 Å². The maximum absolute atomic E-state index is 14.1. The molecule has 2 heterocycles. The van der Waals surface area contributed by atoms with E-state index < -0.39 is 16.9 Å². The van der Waals surface area contributed by atoms with Crippen LogP contribution < -0.4 is 0 Å². The van der Waals surface area contributed by atoms with Crippen LogP contribution in [-0.4, -0.2) is 18.7 Å². The number of halogens is 1. The zero-order chi connectivity index (χ0) is 16.4. The molecular weight excluding hydrogens is 335 g/mol. The second kappa shape index (κ2) is 6.66. The van der Waals surface area contributed by atoms with Crippen LogP contribution in [0.5, 0.6) is 0 Å². The van der Waals surface area contributed by atoms with E-state index in [1.807, 2.05) is 18.4 Å². The quantitative estimate of drug-likeness (QED) is 0.675. The number of pyridine rings is 1. The number of hydrogen-bond donors (Lipinski definition) is 0. The Morgan fingerprint density at radius 1 is 1.30 bits per heavy atom. The third-order valence-electron chi connectivity index (χ3n) is 3.31. The zero-order valence-electron chi connectivity index (χ0n) is 12.2. The Morgan fingerprint density at radius 3 is 2.78 bits per heavy atom. The van der Waals surface area contributed by atoms with Crippen LogP contribution in [0, 0.1) is 12.7 Å². The predicted octanol–water partition coefficient (Wildman–Crippen LogP) is 3.70. The van der Waals surface area contributed by atoms with E-state index in [9.17, 15) is 13.2 Å². The molecule has 118 valence electrons. The van der Waals surface area contributed by atoms with Crippen molar-refractivity contribution in [2.45, 2.75) is 12.7 Å². The van der Waals surface area contributed by atoms with Gasteiger partial charge in [0, 0.05) is 40.3 Å². The topological polar surface area (TPSA) is 65.9 Å². The summed E-state index contributed by atoms with van der Waals surface area (Å²) in [5.74, 6) is -0.880. The summed E-state index contributed by atoms with van der Waals surface area (Å²) in [5, 5.41) is 2.79. The van der Waals surface area contributed by atoms with Gasteiger partial charge in [0.25, 0.3) is 0 Å². The summed E-state index contributed by atoms with van der Waals surface area (Å²) < 4.78 is 35.6. The molecule has 0 radical (unpaired) electrons. The van der Waals surface area contributed by atoms with Crippen molar-refractivity contribution in [3.8, 4) is 21.7 Å². The van der Waals surface area contributed by atoms with Gasteiger partial charge in [-0.2, -0.15) is 0 Å². The first-order valence-electron chi connectivity index (χ1n) is 6.76. The summed E-state index contributed by atoms with van der Waals surface area (Å²) in [4.78, 5) is 8.57. The van der Waals surface area contributed by atoms with Crippen LogP contribution in [0.1, 0.15) is 11.3 Å². The van der Waals surface area contributed by atoms with E-state index >= 15 is 0 Å². The van der Waals surface area contributed by atoms with Gasteiger partial charge in [-0.15, -0.1) is 11.3 Å². The molecule has 0 aliphatic carbocycles. The molecule has 0 saturated carbocycles. The molecule has 3 aromatic rings. The third kappa shape index (κ3) is 3.52. The van der Waals surface area contributed by atoms with Crippen molar-refractivity contribution in [3.63, 3.8) is 0 Å². The van der Waals surface area contributed by atoms with Crippen molar-refractivity contribution in [2.75, 3.05) is 0 Å². The fourth-order valence-electron chi connectivity index (χ4n) is 2.25. The number of aromatic nitrogens is 2. The number of rotatable bonds is 4. The molecule has 7 heteroatoms. The summed E-state index contributed by atoms with van der Waals surface area (Å²) >= 11 is -0.807. The highest BCUT2D eigenvalue weighted by Gasteiger charge is 2.12. The van der Waals surface area contributed by atoms with Crippen LogP contribution >= 0.6 is 11.3 Å². The van der Waals surface area contributed by atoms with Gasteiger partial charge in [-0.05, 0) is 30.2 Å². The van der Waals surface area contributed by atoms with Crippen LogP contribution in [0.3, 0.4) is 0 Å². The smallest absolute Gasteiger partial charge is 0.127 e. The van der Waals surface area contributed by atoms with Crippen molar-refractivity contribution in [1.29, 1.82) is 0 Å². The van der Waals surface area contributed by atoms with Crippen LogP contribution in [0.15, 0.2) is 42.0 Å². The average molecular weight is 347 g/mol. The van der Waals surface area contributed by atoms with Crippen molar-refractivity contribution < 1.29 is 13.2 Å². The Bertz CT molecular complexity index is 880. The fourth-order valence-corrected chi connectivity index (χ4v) is 3.57. The van der Waals surface area contributed by atoms with E-state index in [1.165, 1.54) is 23.5 Å². The summed E-state index contributed by atoms with van der Waals surface area (Å²) in [6.45, 7) is 1.92. The molecule has 0 amide bonds.